The van der Waals surface area contributed by atoms with E-state index in [2.05, 4.69) is 10.6 Å². The summed E-state index contributed by atoms with van der Waals surface area (Å²) < 4.78 is 0. The summed E-state index contributed by atoms with van der Waals surface area (Å²) >= 11 is 0. The van der Waals surface area contributed by atoms with Crippen LogP contribution in [0, 0.1) is 0 Å². The fraction of sp³-hybridized carbons (Fsp3) is 0.714. The predicted octanol–water partition coefficient (Wildman–Crippen LogP) is -1.66. The van der Waals surface area contributed by atoms with Crippen LogP contribution < -0.4 is 16.4 Å². The Balaban J connectivity index is 2.45. The minimum atomic E-state index is -0.461. The highest BCUT2D eigenvalue weighted by Gasteiger charge is 2.25. The molecule has 0 aromatic carbocycles. The van der Waals surface area contributed by atoms with E-state index in [1.165, 1.54) is 0 Å². The van der Waals surface area contributed by atoms with E-state index in [9.17, 15) is 9.59 Å². The first kappa shape index (κ1) is 8.99. The van der Waals surface area contributed by atoms with Gasteiger partial charge in [0.25, 0.3) is 0 Å². The second-order valence-corrected chi connectivity index (χ2v) is 3.04. The standard InChI is InChI=1S/C7H13N3O2/c1-4-3-9-5(2-6(8)11)7(12)10-4/h4-5,9H,2-3H2,1H3,(H2,8,11)(H,10,12). The highest BCUT2D eigenvalue weighted by atomic mass is 16.2. The number of hydrogen-bond acceptors (Lipinski definition) is 3. The van der Waals surface area contributed by atoms with Crippen LogP contribution in [0.1, 0.15) is 13.3 Å². The fourth-order valence-corrected chi connectivity index (χ4v) is 1.17. The molecule has 0 aliphatic carbocycles. The van der Waals surface area contributed by atoms with Crippen molar-refractivity contribution in [2.45, 2.75) is 25.4 Å². The molecule has 1 rings (SSSR count). The second kappa shape index (κ2) is 3.53. The number of nitrogens with two attached hydrogens (primary N) is 1. The van der Waals surface area contributed by atoms with Crippen LogP contribution in [0.4, 0.5) is 0 Å². The fourth-order valence-electron chi connectivity index (χ4n) is 1.17. The number of amides is 2. The quantitative estimate of drug-likeness (QED) is 0.465. The molecule has 0 aromatic rings. The maximum atomic E-state index is 11.2. The summed E-state index contributed by atoms with van der Waals surface area (Å²) in [5.74, 6) is -0.607. The van der Waals surface area contributed by atoms with Crippen molar-refractivity contribution in [3.05, 3.63) is 0 Å². The van der Waals surface area contributed by atoms with Gasteiger partial charge in [0.15, 0.2) is 0 Å². The zero-order chi connectivity index (χ0) is 9.14. The van der Waals surface area contributed by atoms with Crippen molar-refractivity contribution in [1.82, 2.24) is 10.6 Å². The van der Waals surface area contributed by atoms with Gasteiger partial charge in [-0.1, -0.05) is 0 Å². The molecule has 0 bridgehead atoms. The lowest BCUT2D eigenvalue weighted by Gasteiger charge is -2.27. The summed E-state index contributed by atoms with van der Waals surface area (Å²) in [5.41, 5.74) is 4.96. The highest BCUT2D eigenvalue weighted by molar-refractivity contribution is 5.88. The largest absolute Gasteiger partial charge is 0.370 e. The van der Waals surface area contributed by atoms with E-state index in [1.807, 2.05) is 6.92 Å². The van der Waals surface area contributed by atoms with E-state index in [-0.39, 0.29) is 18.4 Å². The van der Waals surface area contributed by atoms with Crippen molar-refractivity contribution in [3.8, 4) is 0 Å². The number of carbonyl (C=O) groups is 2. The van der Waals surface area contributed by atoms with Crippen molar-refractivity contribution in [1.29, 1.82) is 0 Å². The Bertz CT molecular complexity index is 205. The first-order valence-corrected chi connectivity index (χ1v) is 3.91. The molecule has 5 heteroatoms. The number of nitrogens with one attached hydrogen (secondary N) is 2. The van der Waals surface area contributed by atoms with Crippen molar-refractivity contribution in [3.63, 3.8) is 0 Å². The summed E-state index contributed by atoms with van der Waals surface area (Å²) in [5, 5.41) is 5.66. The smallest absolute Gasteiger partial charge is 0.237 e. The van der Waals surface area contributed by atoms with Crippen LogP contribution in [0.15, 0.2) is 0 Å². The molecule has 2 unspecified atom stereocenters. The molecule has 1 heterocycles. The number of piperazine rings is 1. The van der Waals surface area contributed by atoms with Crippen molar-refractivity contribution < 1.29 is 9.59 Å². The van der Waals surface area contributed by atoms with Gasteiger partial charge >= 0.3 is 0 Å². The third-order valence-electron chi connectivity index (χ3n) is 1.78. The van der Waals surface area contributed by atoms with E-state index in [0.29, 0.717) is 6.54 Å². The lowest BCUT2D eigenvalue weighted by molar-refractivity contribution is -0.128. The van der Waals surface area contributed by atoms with E-state index >= 15 is 0 Å². The number of primary amides is 1. The van der Waals surface area contributed by atoms with Gasteiger partial charge in [-0.3, -0.25) is 9.59 Å². The molecule has 0 radical (unpaired) electrons. The molecule has 4 N–H and O–H groups in total. The van der Waals surface area contributed by atoms with Crippen LogP contribution in [0.5, 0.6) is 0 Å². The summed E-state index contributed by atoms with van der Waals surface area (Å²) in [6.07, 6.45) is 0.0680. The van der Waals surface area contributed by atoms with Crippen LogP contribution in [-0.4, -0.2) is 30.4 Å². The van der Waals surface area contributed by atoms with Crippen LogP contribution in [-0.2, 0) is 9.59 Å². The van der Waals surface area contributed by atoms with Gasteiger partial charge in [-0.15, -0.1) is 0 Å². The average molecular weight is 171 g/mol. The third-order valence-corrected chi connectivity index (χ3v) is 1.78. The lowest BCUT2D eigenvalue weighted by atomic mass is 10.1. The zero-order valence-electron chi connectivity index (χ0n) is 6.96. The summed E-state index contributed by atoms with van der Waals surface area (Å²) in [6.45, 7) is 2.58. The molecule has 0 spiro atoms. The molecular formula is C7H13N3O2. The predicted molar refractivity (Wildman–Crippen MR) is 43.2 cm³/mol. The minimum absolute atomic E-state index is 0.0680. The molecule has 1 aliphatic heterocycles. The number of rotatable bonds is 2. The molecule has 2 atom stereocenters. The topological polar surface area (TPSA) is 84.2 Å². The van der Waals surface area contributed by atoms with Crippen LogP contribution >= 0.6 is 0 Å². The van der Waals surface area contributed by atoms with Gasteiger partial charge in [0.2, 0.25) is 11.8 Å². The maximum Gasteiger partial charge on any atom is 0.237 e. The van der Waals surface area contributed by atoms with Gasteiger partial charge in [-0.05, 0) is 6.92 Å². The van der Waals surface area contributed by atoms with E-state index in [0.717, 1.165) is 0 Å². The van der Waals surface area contributed by atoms with Gasteiger partial charge in [-0.25, -0.2) is 0 Å². The van der Waals surface area contributed by atoms with E-state index in [4.69, 9.17) is 5.73 Å². The Morgan fingerprint density at radius 3 is 2.92 bits per heavy atom. The average Bonchev–Trinajstić information content (AvgIpc) is 1.94. The second-order valence-electron chi connectivity index (χ2n) is 3.04. The van der Waals surface area contributed by atoms with Crippen LogP contribution in [0.2, 0.25) is 0 Å². The maximum absolute atomic E-state index is 11.2. The van der Waals surface area contributed by atoms with Crippen molar-refractivity contribution in [2.24, 2.45) is 5.73 Å². The Kier molecular flexibility index (Phi) is 2.65. The summed E-state index contributed by atoms with van der Waals surface area (Å²) in [6, 6.07) is -0.319. The first-order chi connectivity index (χ1) is 5.59. The van der Waals surface area contributed by atoms with Gasteiger partial charge in [0.1, 0.15) is 0 Å². The van der Waals surface area contributed by atoms with Gasteiger partial charge in [0.05, 0.1) is 12.5 Å². The Morgan fingerprint density at radius 1 is 1.75 bits per heavy atom. The van der Waals surface area contributed by atoms with E-state index < -0.39 is 11.9 Å². The number of hydrogen-bond donors (Lipinski definition) is 3. The number of carbonyl (C=O) groups excluding carboxylic acids is 2. The van der Waals surface area contributed by atoms with Gasteiger partial charge < -0.3 is 16.4 Å². The molecule has 5 nitrogen and oxygen atoms in total. The molecule has 0 aromatic heterocycles. The first-order valence-electron chi connectivity index (χ1n) is 3.91. The van der Waals surface area contributed by atoms with Gasteiger partial charge in [-0.2, -0.15) is 0 Å². The van der Waals surface area contributed by atoms with Gasteiger partial charge in [0, 0.05) is 12.6 Å². The van der Waals surface area contributed by atoms with Crippen LogP contribution in [0.3, 0.4) is 0 Å². The lowest BCUT2D eigenvalue weighted by Crippen LogP contribution is -2.58. The summed E-state index contributed by atoms with van der Waals surface area (Å²) in [4.78, 5) is 21.7. The summed E-state index contributed by atoms with van der Waals surface area (Å²) in [7, 11) is 0. The van der Waals surface area contributed by atoms with Crippen molar-refractivity contribution in [2.75, 3.05) is 6.54 Å². The zero-order valence-corrected chi connectivity index (χ0v) is 6.96. The molecule has 0 saturated carbocycles. The van der Waals surface area contributed by atoms with Crippen molar-refractivity contribution >= 4 is 11.8 Å². The van der Waals surface area contributed by atoms with E-state index in [1.54, 1.807) is 0 Å². The Labute approximate surface area is 70.7 Å². The van der Waals surface area contributed by atoms with Crippen LogP contribution in [0.25, 0.3) is 0 Å². The molecule has 68 valence electrons. The SMILES string of the molecule is CC1CNC(CC(N)=O)C(=O)N1. The third kappa shape index (κ3) is 2.20. The highest BCUT2D eigenvalue weighted by Crippen LogP contribution is 1.98. The Hall–Kier alpha value is -1.10. The molecular weight excluding hydrogens is 158 g/mol. The Morgan fingerprint density at radius 2 is 2.42 bits per heavy atom. The minimum Gasteiger partial charge on any atom is -0.370 e. The molecule has 1 saturated heterocycles. The molecule has 1 fully saturated rings. The molecule has 12 heavy (non-hydrogen) atoms. The monoisotopic (exact) mass is 171 g/mol. The normalized spacial score (nSPS) is 29.6. The molecule has 1 aliphatic rings. The molecule has 2 amide bonds.